The van der Waals surface area contributed by atoms with Crippen LogP contribution in [0, 0.1) is 0 Å². The van der Waals surface area contributed by atoms with Gasteiger partial charge in [-0.15, -0.1) is 0 Å². The fraction of sp³-hybridized carbons (Fsp3) is 0.100. The summed E-state index contributed by atoms with van der Waals surface area (Å²) in [6, 6.07) is 4.67. The molecule has 4 nitrogen and oxygen atoms in total. The highest BCUT2D eigenvalue weighted by Gasteiger charge is 2.06. The van der Waals surface area contributed by atoms with E-state index in [0.29, 0.717) is 22.0 Å². The number of hydrogen-bond donors (Lipinski definition) is 3. The van der Waals surface area contributed by atoms with Gasteiger partial charge in [0.15, 0.2) is 0 Å². The van der Waals surface area contributed by atoms with E-state index in [4.69, 9.17) is 23.1 Å². The highest BCUT2D eigenvalue weighted by Crippen LogP contribution is 2.13. The lowest BCUT2D eigenvalue weighted by Crippen LogP contribution is -2.24. The van der Waals surface area contributed by atoms with Crippen molar-refractivity contribution in [2.24, 2.45) is 0 Å². The standard InChI is InChI=1S/C10H12ClN3O/c1-6(11)5-14-10(15)7-2-8(12)4-9(13)3-7/h2-4H,1,5,12-13H2,(H,14,15). The minimum Gasteiger partial charge on any atom is -0.399 e. The average Bonchev–Trinajstić information content (AvgIpc) is 2.12. The van der Waals surface area contributed by atoms with Crippen LogP contribution in [-0.2, 0) is 0 Å². The van der Waals surface area contributed by atoms with Crippen molar-refractivity contribution in [1.82, 2.24) is 5.32 Å². The third kappa shape index (κ3) is 3.52. The van der Waals surface area contributed by atoms with Crippen molar-refractivity contribution in [3.05, 3.63) is 35.4 Å². The molecular formula is C10H12ClN3O. The molecule has 0 aliphatic carbocycles. The van der Waals surface area contributed by atoms with E-state index in [2.05, 4.69) is 11.9 Å². The Bertz CT molecular complexity index is 383. The number of hydrogen-bond acceptors (Lipinski definition) is 3. The van der Waals surface area contributed by atoms with Crippen LogP contribution in [0.1, 0.15) is 10.4 Å². The van der Waals surface area contributed by atoms with Crippen molar-refractivity contribution in [1.29, 1.82) is 0 Å². The zero-order chi connectivity index (χ0) is 11.4. The number of carbonyl (C=O) groups is 1. The zero-order valence-corrected chi connectivity index (χ0v) is 8.84. The van der Waals surface area contributed by atoms with Crippen LogP contribution in [0.3, 0.4) is 0 Å². The molecule has 1 aromatic carbocycles. The van der Waals surface area contributed by atoms with Crippen LogP contribution in [0.4, 0.5) is 11.4 Å². The highest BCUT2D eigenvalue weighted by molar-refractivity contribution is 6.29. The molecule has 0 saturated heterocycles. The van der Waals surface area contributed by atoms with E-state index in [-0.39, 0.29) is 12.5 Å². The first kappa shape index (κ1) is 11.4. The molecule has 5 N–H and O–H groups in total. The Labute approximate surface area is 92.9 Å². The quantitative estimate of drug-likeness (QED) is 0.679. The minimum atomic E-state index is -0.282. The van der Waals surface area contributed by atoms with Gasteiger partial charge in [-0.05, 0) is 18.2 Å². The molecule has 80 valence electrons. The number of amides is 1. The van der Waals surface area contributed by atoms with Gasteiger partial charge < -0.3 is 16.8 Å². The van der Waals surface area contributed by atoms with Crippen LogP contribution < -0.4 is 16.8 Å². The lowest BCUT2D eigenvalue weighted by Gasteiger charge is -2.05. The number of nitrogen functional groups attached to an aromatic ring is 2. The normalized spacial score (nSPS) is 9.67. The van der Waals surface area contributed by atoms with Gasteiger partial charge in [0.05, 0.1) is 6.54 Å². The Morgan fingerprint density at radius 3 is 2.33 bits per heavy atom. The first-order chi connectivity index (χ1) is 6.99. The van der Waals surface area contributed by atoms with E-state index in [1.807, 2.05) is 0 Å². The largest absolute Gasteiger partial charge is 0.399 e. The molecule has 0 aromatic heterocycles. The zero-order valence-electron chi connectivity index (χ0n) is 8.09. The Balaban J connectivity index is 2.77. The van der Waals surface area contributed by atoms with Crippen molar-refractivity contribution in [2.75, 3.05) is 18.0 Å². The fourth-order valence-corrected chi connectivity index (χ4v) is 1.15. The summed E-state index contributed by atoms with van der Waals surface area (Å²) in [6.45, 7) is 3.67. The third-order valence-electron chi connectivity index (χ3n) is 1.68. The SMILES string of the molecule is C=C(Cl)CNC(=O)c1cc(N)cc(N)c1. The van der Waals surface area contributed by atoms with Gasteiger partial charge in [0.1, 0.15) is 0 Å². The van der Waals surface area contributed by atoms with Crippen molar-refractivity contribution >= 4 is 28.9 Å². The molecule has 0 aliphatic rings. The second-order valence-corrected chi connectivity index (χ2v) is 3.62. The number of benzene rings is 1. The smallest absolute Gasteiger partial charge is 0.251 e. The summed E-state index contributed by atoms with van der Waals surface area (Å²) in [5.41, 5.74) is 12.4. The number of carbonyl (C=O) groups excluding carboxylic acids is 1. The van der Waals surface area contributed by atoms with Crippen molar-refractivity contribution in [3.8, 4) is 0 Å². The molecule has 0 atom stereocenters. The number of nitrogens with two attached hydrogens (primary N) is 2. The van der Waals surface area contributed by atoms with Gasteiger partial charge in [-0.25, -0.2) is 0 Å². The molecular weight excluding hydrogens is 214 g/mol. The van der Waals surface area contributed by atoms with E-state index in [9.17, 15) is 4.79 Å². The molecule has 0 bridgehead atoms. The molecule has 15 heavy (non-hydrogen) atoms. The summed E-state index contributed by atoms with van der Waals surface area (Å²) >= 11 is 5.51. The Morgan fingerprint density at radius 1 is 1.33 bits per heavy atom. The van der Waals surface area contributed by atoms with E-state index in [1.54, 1.807) is 18.2 Å². The maximum absolute atomic E-state index is 11.5. The van der Waals surface area contributed by atoms with Crippen molar-refractivity contribution in [2.45, 2.75) is 0 Å². The maximum atomic E-state index is 11.5. The molecule has 0 radical (unpaired) electrons. The lowest BCUT2D eigenvalue weighted by molar-refractivity contribution is 0.0957. The van der Waals surface area contributed by atoms with Gasteiger partial charge in [-0.1, -0.05) is 18.2 Å². The Hall–Kier alpha value is -1.68. The summed E-state index contributed by atoms with van der Waals surface area (Å²) < 4.78 is 0. The maximum Gasteiger partial charge on any atom is 0.251 e. The number of nitrogens with one attached hydrogen (secondary N) is 1. The van der Waals surface area contributed by atoms with Gasteiger partial charge in [0.25, 0.3) is 5.91 Å². The molecule has 0 heterocycles. The summed E-state index contributed by atoms with van der Waals surface area (Å²) in [4.78, 5) is 11.5. The van der Waals surface area contributed by atoms with Gasteiger partial charge >= 0.3 is 0 Å². The molecule has 5 heteroatoms. The first-order valence-electron chi connectivity index (χ1n) is 4.26. The van der Waals surface area contributed by atoms with Gasteiger partial charge in [-0.2, -0.15) is 0 Å². The minimum absolute atomic E-state index is 0.217. The Morgan fingerprint density at radius 2 is 1.87 bits per heavy atom. The van der Waals surface area contributed by atoms with E-state index >= 15 is 0 Å². The second-order valence-electron chi connectivity index (χ2n) is 3.09. The van der Waals surface area contributed by atoms with Gasteiger partial charge in [-0.3, -0.25) is 4.79 Å². The molecule has 0 spiro atoms. The van der Waals surface area contributed by atoms with Gasteiger partial charge in [0.2, 0.25) is 0 Å². The van der Waals surface area contributed by atoms with Crippen LogP contribution in [0.25, 0.3) is 0 Å². The molecule has 1 aromatic rings. The van der Waals surface area contributed by atoms with E-state index in [0.717, 1.165) is 0 Å². The number of rotatable bonds is 3. The summed E-state index contributed by atoms with van der Waals surface area (Å²) in [7, 11) is 0. The lowest BCUT2D eigenvalue weighted by atomic mass is 10.1. The predicted molar refractivity (Wildman–Crippen MR) is 62.6 cm³/mol. The molecule has 1 rings (SSSR count). The number of anilines is 2. The molecule has 1 amide bonds. The summed E-state index contributed by atoms with van der Waals surface area (Å²) in [5.74, 6) is -0.282. The van der Waals surface area contributed by atoms with Crippen molar-refractivity contribution < 1.29 is 4.79 Å². The summed E-state index contributed by atoms with van der Waals surface area (Å²) in [5, 5.41) is 2.93. The van der Waals surface area contributed by atoms with Crippen LogP contribution in [-0.4, -0.2) is 12.5 Å². The highest BCUT2D eigenvalue weighted by atomic mass is 35.5. The topological polar surface area (TPSA) is 81.1 Å². The van der Waals surface area contributed by atoms with Crippen LogP contribution in [0.5, 0.6) is 0 Å². The first-order valence-corrected chi connectivity index (χ1v) is 4.64. The summed E-state index contributed by atoms with van der Waals surface area (Å²) in [6.07, 6.45) is 0. The van der Waals surface area contributed by atoms with Crippen LogP contribution in [0.2, 0.25) is 0 Å². The third-order valence-corrected chi connectivity index (χ3v) is 1.81. The monoisotopic (exact) mass is 225 g/mol. The fourth-order valence-electron chi connectivity index (χ4n) is 1.09. The average molecular weight is 226 g/mol. The van der Waals surface area contributed by atoms with E-state index < -0.39 is 0 Å². The Kier molecular flexibility index (Phi) is 3.57. The van der Waals surface area contributed by atoms with Crippen LogP contribution >= 0.6 is 11.6 Å². The van der Waals surface area contributed by atoms with Gasteiger partial charge in [0, 0.05) is 22.0 Å². The molecule has 0 saturated carbocycles. The molecule has 0 unspecified atom stereocenters. The van der Waals surface area contributed by atoms with E-state index in [1.165, 1.54) is 0 Å². The number of halogens is 1. The second kappa shape index (κ2) is 4.70. The van der Waals surface area contributed by atoms with Crippen LogP contribution in [0.15, 0.2) is 29.8 Å². The molecule has 0 aliphatic heterocycles. The van der Waals surface area contributed by atoms with Crippen molar-refractivity contribution in [3.63, 3.8) is 0 Å². The predicted octanol–water partition coefficient (Wildman–Crippen LogP) is 1.33. The molecule has 0 fully saturated rings.